The Morgan fingerprint density at radius 3 is 2.91 bits per heavy atom. The molecule has 0 unspecified atom stereocenters. The topological polar surface area (TPSA) is 49.0 Å². The maximum atomic E-state index is 13.2. The minimum absolute atomic E-state index is 0.181. The second-order valence-electron chi connectivity index (χ2n) is 6.46. The Kier molecular flexibility index (Phi) is 3.33. The van der Waals surface area contributed by atoms with E-state index in [-0.39, 0.29) is 11.4 Å². The highest BCUT2D eigenvalue weighted by Gasteiger charge is 2.47. The van der Waals surface area contributed by atoms with Crippen molar-refractivity contribution in [1.82, 2.24) is 14.9 Å². The largest absolute Gasteiger partial charge is 0.348 e. The van der Waals surface area contributed by atoms with E-state index in [1.54, 1.807) is 17.7 Å². The molecule has 1 amide bonds. The molecule has 2 aromatic heterocycles. The summed E-state index contributed by atoms with van der Waals surface area (Å²) in [6.07, 6.45) is 8.39. The molecule has 1 N–H and O–H groups in total. The predicted molar refractivity (Wildman–Crippen MR) is 87.1 cm³/mol. The van der Waals surface area contributed by atoms with Crippen LogP contribution in [0.2, 0.25) is 0 Å². The van der Waals surface area contributed by atoms with Crippen LogP contribution in [0, 0.1) is 6.92 Å². The van der Waals surface area contributed by atoms with Crippen LogP contribution in [0.3, 0.4) is 0 Å². The Hall–Kier alpha value is -1.62. The summed E-state index contributed by atoms with van der Waals surface area (Å²) in [6, 6.07) is 2.04. The number of aryl methyl sites for hydroxylation is 1. The van der Waals surface area contributed by atoms with E-state index in [1.807, 2.05) is 18.4 Å². The highest BCUT2D eigenvalue weighted by molar-refractivity contribution is 7.12. The first-order valence-corrected chi connectivity index (χ1v) is 8.99. The lowest BCUT2D eigenvalue weighted by Gasteiger charge is -2.48. The SMILES string of the molecule is Cc1ccsc1C(=O)N1CCc2[nH]cnc2C12CCCCC2. The predicted octanol–water partition coefficient (Wildman–Crippen LogP) is 3.64. The molecule has 116 valence electrons. The van der Waals surface area contributed by atoms with Crippen molar-refractivity contribution in [1.29, 1.82) is 0 Å². The number of amides is 1. The molecule has 0 aromatic carbocycles. The van der Waals surface area contributed by atoms with Gasteiger partial charge in [0, 0.05) is 18.7 Å². The van der Waals surface area contributed by atoms with E-state index < -0.39 is 0 Å². The van der Waals surface area contributed by atoms with Crippen LogP contribution in [-0.2, 0) is 12.0 Å². The number of nitrogens with one attached hydrogen (secondary N) is 1. The maximum absolute atomic E-state index is 13.2. The van der Waals surface area contributed by atoms with Gasteiger partial charge in [-0.25, -0.2) is 4.98 Å². The summed E-state index contributed by atoms with van der Waals surface area (Å²) in [7, 11) is 0. The summed E-state index contributed by atoms with van der Waals surface area (Å²) in [5.74, 6) is 0.197. The molecule has 1 aliphatic heterocycles. The highest BCUT2D eigenvalue weighted by Crippen LogP contribution is 2.45. The number of rotatable bonds is 1. The molecule has 1 aliphatic carbocycles. The van der Waals surface area contributed by atoms with Gasteiger partial charge in [0.2, 0.25) is 0 Å². The van der Waals surface area contributed by atoms with Gasteiger partial charge in [0.05, 0.1) is 22.4 Å². The Bertz CT molecular complexity index is 696. The van der Waals surface area contributed by atoms with Crippen molar-refractivity contribution in [3.63, 3.8) is 0 Å². The Morgan fingerprint density at radius 1 is 1.36 bits per heavy atom. The number of H-pyrrole nitrogens is 1. The van der Waals surface area contributed by atoms with Crippen molar-refractivity contribution in [2.45, 2.75) is 51.0 Å². The molecule has 3 heterocycles. The number of imidazole rings is 1. The molecule has 1 fully saturated rings. The summed E-state index contributed by atoms with van der Waals surface area (Å²) in [6.45, 7) is 2.83. The van der Waals surface area contributed by atoms with Crippen molar-refractivity contribution in [2.24, 2.45) is 0 Å². The zero-order valence-electron chi connectivity index (χ0n) is 12.9. The van der Waals surface area contributed by atoms with Crippen LogP contribution in [0.25, 0.3) is 0 Å². The van der Waals surface area contributed by atoms with Crippen molar-refractivity contribution in [2.75, 3.05) is 6.54 Å². The molecule has 2 aromatic rings. The molecule has 0 atom stereocenters. The third kappa shape index (κ3) is 1.95. The molecule has 5 heteroatoms. The van der Waals surface area contributed by atoms with Crippen molar-refractivity contribution in [3.8, 4) is 0 Å². The lowest BCUT2D eigenvalue weighted by atomic mass is 9.75. The zero-order chi connectivity index (χ0) is 15.2. The van der Waals surface area contributed by atoms with Gasteiger partial charge in [0.15, 0.2) is 0 Å². The first kappa shape index (κ1) is 14.0. The smallest absolute Gasteiger partial charge is 0.264 e. The lowest BCUT2D eigenvalue weighted by molar-refractivity contribution is 0.0251. The number of thiophene rings is 1. The maximum Gasteiger partial charge on any atom is 0.264 e. The summed E-state index contributed by atoms with van der Waals surface area (Å²) >= 11 is 1.56. The number of hydrogen-bond donors (Lipinski definition) is 1. The van der Waals surface area contributed by atoms with Crippen LogP contribution in [0.1, 0.15) is 58.7 Å². The van der Waals surface area contributed by atoms with Gasteiger partial charge in [-0.1, -0.05) is 19.3 Å². The average Bonchev–Trinajstić information content (AvgIpc) is 3.17. The second kappa shape index (κ2) is 5.23. The first-order valence-electron chi connectivity index (χ1n) is 8.11. The van der Waals surface area contributed by atoms with Crippen molar-refractivity contribution >= 4 is 17.2 Å². The fourth-order valence-corrected chi connectivity index (χ4v) is 5.00. The van der Waals surface area contributed by atoms with E-state index in [4.69, 9.17) is 0 Å². The van der Waals surface area contributed by atoms with Crippen LogP contribution in [0.15, 0.2) is 17.8 Å². The molecule has 4 nitrogen and oxygen atoms in total. The molecule has 4 rings (SSSR count). The number of nitrogens with zero attached hydrogens (tertiary/aromatic N) is 2. The van der Waals surface area contributed by atoms with Gasteiger partial charge in [-0.15, -0.1) is 11.3 Å². The van der Waals surface area contributed by atoms with Crippen LogP contribution in [0.4, 0.5) is 0 Å². The molecule has 0 bridgehead atoms. The number of hydrogen-bond acceptors (Lipinski definition) is 3. The van der Waals surface area contributed by atoms with Crippen molar-refractivity contribution < 1.29 is 4.79 Å². The standard InChI is InChI=1S/C17H21N3OS/c1-12-6-10-22-14(12)16(21)20-9-5-13-15(19-11-18-13)17(20)7-3-2-4-8-17/h6,10-11H,2-5,7-9H2,1H3,(H,18,19). The zero-order valence-corrected chi connectivity index (χ0v) is 13.7. The highest BCUT2D eigenvalue weighted by atomic mass is 32.1. The number of carbonyl (C=O) groups is 1. The molecule has 22 heavy (non-hydrogen) atoms. The molecular formula is C17H21N3OS. The summed E-state index contributed by atoms with van der Waals surface area (Å²) < 4.78 is 0. The Balaban J connectivity index is 1.78. The van der Waals surface area contributed by atoms with E-state index in [1.165, 1.54) is 25.0 Å². The molecule has 2 aliphatic rings. The number of aromatic amines is 1. The molecule has 0 saturated heterocycles. The van der Waals surface area contributed by atoms with E-state index in [9.17, 15) is 4.79 Å². The number of carbonyl (C=O) groups excluding carboxylic acids is 1. The van der Waals surface area contributed by atoms with E-state index in [0.717, 1.165) is 41.9 Å². The van der Waals surface area contributed by atoms with E-state index in [0.29, 0.717) is 0 Å². The van der Waals surface area contributed by atoms with Crippen LogP contribution in [-0.4, -0.2) is 27.3 Å². The molecule has 1 spiro atoms. The van der Waals surface area contributed by atoms with Gasteiger partial charge in [-0.2, -0.15) is 0 Å². The summed E-state index contributed by atoms with van der Waals surface area (Å²) in [5.41, 5.74) is 3.27. The lowest BCUT2D eigenvalue weighted by Crippen LogP contribution is -2.54. The summed E-state index contributed by atoms with van der Waals surface area (Å²) in [5, 5.41) is 2.01. The third-order valence-corrected chi connectivity index (χ3v) is 6.25. The summed E-state index contributed by atoms with van der Waals surface area (Å²) in [4.78, 5) is 24.1. The van der Waals surface area contributed by atoms with Gasteiger partial charge in [-0.3, -0.25) is 4.79 Å². The van der Waals surface area contributed by atoms with Crippen LogP contribution >= 0.6 is 11.3 Å². The van der Waals surface area contributed by atoms with Gasteiger partial charge in [-0.05, 0) is 36.8 Å². The van der Waals surface area contributed by atoms with E-state index >= 15 is 0 Å². The number of fused-ring (bicyclic) bond motifs is 2. The van der Waals surface area contributed by atoms with Gasteiger partial charge in [0.25, 0.3) is 5.91 Å². The van der Waals surface area contributed by atoms with Gasteiger partial charge >= 0.3 is 0 Å². The number of aromatic nitrogens is 2. The fourth-order valence-electron chi connectivity index (χ4n) is 4.13. The minimum atomic E-state index is -0.181. The Morgan fingerprint density at radius 2 is 2.18 bits per heavy atom. The monoisotopic (exact) mass is 315 g/mol. The normalized spacial score (nSPS) is 20.1. The average molecular weight is 315 g/mol. The first-order chi connectivity index (χ1) is 10.7. The molecule has 0 radical (unpaired) electrons. The third-order valence-electron chi connectivity index (χ3n) is 5.24. The minimum Gasteiger partial charge on any atom is -0.348 e. The van der Waals surface area contributed by atoms with Gasteiger partial charge in [0.1, 0.15) is 0 Å². The molecule has 1 saturated carbocycles. The quantitative estimate of drug-likeness (QED) is 0.873. The molecular weight excluding hydrogens is 294 g/mol. The fraction of sp³-hybridized carbons (Fsp3) is 0.529. The van der Waals surface area contributed by atoms with Gasteiger partial charge < -0.3 is 9.88 Å². The second-order valence-corrected chi connectivity index (χ2v) is 7.38. The van der Waals surface area contributed by atoms with Crippen LogP contribution < -0.4 is 0 Å². The van der Waals surface area contributed by atoms with Crippen LogP contribution in [0.5, 0.6) is 0 Å². The van der Waals surface area contributed by atoms with E-state index in [2.05, 4.69) is 14.9 Å². The van der Waals surface area contributed by atoms with Crippen molar-refractivity contribution in [3.05, 3.63) is 39.6 Å². The Labute approximate surface area is 134 Å².